The van der Waals surface area contributed by atoms with Gasteiger partial charge in [0.2, 0.25) is 20.0 Å². The second-order valence-electron chi connectivity index (χ2n) is 9.44. The van der Waals surface area contributed by atoms with Gasteiger partial charge in [-0.2, -0.15) is 8.61 Å². The standard InChI is InChI=1S/C28H32N2O4S4/c1-3-17-35-27-23-9-5-7-11-25(23)37(31,32)29(27)19-21-13-15-22(16-14-21)20-30-28(36-18-4-2)24-10-6-8-12-26(24)38(30,33)34/h5-16,27-28H,3-4,17-20H2,1-2H3/t27-,28+. The number of nitrogens with zero attached hydrogens (tertiary/aromatic N) is 2. The number of sulfonamides is 2. The van der Waals surface area contributed by atoms with Crippen LogP contribution in [-0.2, 0) is 33.1 Å². The van der Waals surface area contributed by atoms with Crippen LogP contribution in [0.5, 0.6) is 0 Å². The van der Waals surface area contributed by atoms with Gasteiger partial charge in [0.25, 0.3) is 0 Å². The van der Waals surface area contributed by atoms with E-state index in [0.29, 0.717) is 9.79 Å². The van der Waals surface area contributed by atoms with E-state index in [1.807, 2.05) is 48.5 Å². The van der Waals surface area contributed by atoms with Crippen LogP contribution in [0.3, 0.4) is 0 Å². The van der Waals surface area contributed by atoms with E-state index in [1.165, 1.54) is 0 Å². The first kappa shape index (κ1) is 27.7. The zero-order valence-electron chi connectivity index (χ0n) is 21.5. The summed E-state index contributed by atoms with van der Waals surface area (Å²) in [7, 11) is -7.19. The van der Waals surface area contributed by atoms with Crippen LogP contribution >= 0.6 is 23.5 Å². The van der Waals surface area contributed by atoms with E-state index in [4.69, 9.17) is 0 Å². The molecule has 0 aromatic heterocycles. The van der Waals surface area contributed by atoms with E-state index in [0.717, 1.165) is 46.6 Å². The van der Waals surface area contributed by atoms with E-state index >= 15 is 0 Å². The second kappa shape index (κ2) is 11.3. The van der Waals surface area contributed by atoms with Crippen molar-refractivity contribution in [2.75, 3.05) is 11.5 Å². The van der Waals surface area contributed by atoms with Gasteiger partial charge in [0.15, 0.2) is 0 Å². The molecule has 0 saturated heterocycles. The molecule has 6 nitrogen and oxygen atoms in total. The van der Waals surface area contributed by atoms with Crippen molar-refractivity contribution in [2.45, 2.75) is 60.3 Å². The zero-order valence-corrected chi connectivity index (χ0v) is 24.8. The maximum Gasteiger partial charge on any atom is 0.245 e. The molecule has 0 bridgehead atoms. The lowest BCUT2D eigenvalue weighted by Crippen LogP contribution is -2.27. The van der Waals surface area contributed by atoms with E-state index in [9.17, 15) is 16.8 Å². The predicted octanol–water partition coefficient (Wildman–Crippen LogP) is 6.38. The summed E-state index contributed by atoms with van der Waals surface area (Å²) in [5.41, 5.74) is 3.43. The Bertz CT molecular complexity index is 1390. The van der Waals surface area contributed by atoms with Crippen LogP contribution in [-0.4, -0.2) is 37.0 Å². The number of rotatable bonds is 10. The maximum absolute atomic E-state index is 13.4. The average Bonchev–Trinajstić information content (AvgIpc) is 3.26. The Morgan fingerprint density at radius 2 is 0.974 bits per heavy atom. The average molecular weight is 589 g/mol. The first-order chi connectivity index (χ1) is 18.3. The van der Waals surface area contributed by atoms with E-state index < -0.39 is 20.0 Å². The molecule has 2 heterocycles. The van der Waals surface area contributed by atoms with E-state index in [1.54, 1.807) is 56.4 Å². The minimum atomic E-state index is -3.59. The molecule has 0 saturated carbocycles. The molecule has 202 valence electrons. The first-order valence-electron chi connectivity index (χ1n) is 12.8. The molecule has 38 heavy (non-hydrogen) atoms. The Morgan fingerprint density at radius 3 is 1.34 bits per heavy atom. The molecule has 10 heteroatoms. The van der Waals surface area contributed by atoms with Gasteiger partial charge in [-0.25, -0.2) is 16.8 Å². The molecule has 2 atom stereocenters. The van der Waals surface area contributed by atoms with Gasteiger partial charge in [0.05, 0.1) is 20.5 Å². The lowest BCUT2D eigenvalue weighted by Gasteiger charge is -2.24. The summed E-state index contributed by atoms with van der Waals surface area (Å²) in [6.45, 7) is 4.72. The van der Waals surface area contributed by atoms with Crippen molar-refractivity contribution in [2.24, 2.45) is 0 Å². The molecule has 0 amide bonds. The third-order valence-electron chi connectivity index (χ3n) is 6.73. The van der Waals surface area contributed by atoms with Crippen LogP contribution < -0.4 is 0 Å². The van der Waals surface area contributed by atoms with Crippen LogP contribution in [0, 0.1) is 0 Å². The molecule has 3 aromatic rings. The van der Waals surface area contributed by atoms with Crippen LogP contribution in [0.25, 0.3) is 0 Å². The Labute approximate surface area is 234 Å². The monoisotopic (exact) mass is 588 g/mol. The van der Waals surface area contributed by atoms with Crippen LogP contribution in [0.4, 0.5) is 0 Å². The zero-order chi connectivity index (χ0) is 26.9. The summed E-state index contributed by atoms with van der Waals surface area (Å²) in [6, 6.07) is 22.2. The molecule has 0 N–H and O–H groups in total. The molecular formula is C28H32N2O4S4. The first-order valence-corrected chi connectivity index (χ1v) is 17.8. The topological polar surface area (TPSA) is 74.8 Å². The molecule has 2 aliphatic heterocycles. The number of fused-ring (bicyclic) bond motifs is 2. The highest BCUT2D eigenvalue weighted by Gasteiger charge is 2.43. The summed E-state index contributed by atoms with van der Waals surface area (Å²) in [6.07, 6.45) is 1.93. The van der Waals surface area contributed by atoms with Gasteiger partial charge >= 0.3 is 0 Å². The molecule has 0 spiro atoms. The third-order valence-corrected chi connectivity index (χ3v) is 13.7. The molecule has 0 radical (unpaired) electrons. The summed E-state index contributed by atoms with van der Waals surface area (Å²) in [5.74, 6) is 1.74. The molecular weight excluding hydrogens is 557 g/mol. The highest BCUT2D eigenvalue weighted by molar-refractivity contribution is 8.01. The maximum atomic E-state index is 13.4. The fourth-order valence-corrected chi connectivity index (χ4v) is 11.6. The van der Waals surface area contributed by atoms with Crippen molar-refractivity contribution < 1.29 is 16.8 Å². The summed E-state index contributed by atoms with van der Waals surface area (Å²) in [4.78, 5) is 0.777. The van der Waals surface area contributed by atoms with Crippen molar-refractivity contribution in [1.82, 2.24) is 8.61 Å². The van der Waals surface area contributed by atoms with Gasteiger partial charge in [-0.05, 0) is 47.6 Å². The van der Waals surface area contributed by atoms with Gasteiger partial charge in [0.1, 0.15) is 0 Å². The van der Waals surface area contributed by atoms with Gasteiger partial charge in [-0.1, -0.05) is 74.5 Å². The smallest absolute Gasteiger partial charge is 0.207 e. The molecule has 0 unspecified atom stereocenters. The number of benzene rings is 3. The lowest BCUT2D eigenvalue weighted by molar-refractivity contribution is 0.408. The van der Waals surface area contributed by atoms with Crippen molar-refractivity contribution in [1.29, 1.82) is 0 Å². The summed E-state index contributed by atoms with van der Waals surface area (Å²) >= 11 is 3.30. The molecule has 0 aliphatic carbocycles. The minimum absolute atomic E-state index is 0.250. The molecule has 0 fully saturated rings. The summed E-state index contributed by atoms with van der Waals surface area (Å²) < 4.78 is 56.8. The molecule has 3 aromatic carbocycles. The van der Waals surface area contributed by atoms with E-state index in [2.05, 4.69) is 13.8 Å². The van der Waals surface area contributed by atoms with Crippen molar-refractivity contribution in [3.05, 3.63) is 95.1 Å². The Hall–Kier alpha value is -1.82. The van der Waals surface area contributed by atoms with Crippen LogP contribution in [0.1, 0.15) is 59.7 Å². The van der Waals surface area contributed by atoms with Crippen molar-refractivity contribution in [3.63, 3.8) is 0 Å². The van der Waals surface area contributed by atoms with Gasteiger partial charge in [-0.15, -0.1) is 23.5 Å². The Balaban J connectivity index is 1.37. The Morgan fingerprint density at radius 1 is 0.605 bits per heavy atom. The van der Waals surface area contributed by atoms with E-state index in [-0.39, 0.29) is 23.8 Å². The SMILES string of the molecule is CCCS[C@@H]1c2ccccc2S(=O)(=O)N1Cc1ccc(CN2[C@@H](SCCC)c3ccccc3S2(=O)=O)cc1. The molecule has 2 aliphatic rings. The third kappa shape index (κ3) is 5.07. The number of hydrogen-bond acceptors (Lipinski definition) is 6. The predicted molar refractivity (Wildman–Crippen MR) is 156 cm³/mol. The summed E-state index contributed by atoms with van der Waals surface area (Å²) in [5, 5.41) is -0.499. The highest BCUT2D eigenvalue weighted by atomic mass is 32.2. The largest absolute Gasteiger partial charge is 0.245 e. The van der Waals surface area contributed by atoms with Gasteiger partial charge < -0.3 is 0 Å². The fourth-order valence-electron chi connectivity index (χ4n) is 4.90. The van der Waals surface area contributed by atoms with Gasteiger partial charge in [-0.3, -0.25) is 0 Å². The van der Waals surface area contributed by atoms with Crippen molar-refractivity contribution in [3.8, 4) is 0 Å². The number of thioether (sulfide) groups is 2. The normalized spacial score (nSPS) is 21.8. The van der Waals surface area contributed by atoms with Crippen LogP contribution in [0.2, 0.25) is 0 Å². The minimum Gasteiger partial charge on any atom is -0.207 e. The highest BCUT2D eigenvalue weighted by Crippen LogP contribution is 2.48. The Kier molecular flexibility index (Phi) is 8.28. The molecule has 5 rings (SSSR count). The van der Waals surface area contributed by atoms with Crippen molar-refractivity contribution >= 4 is 43.6 Å². The van der Waals surface area contributed by atoms with Gasteiger partial charge in [0, 0.05) is 24.2 Å². The fraction of sp³-hybridized carbons (Fsp3) is 0.357. The lowest BCUT2D eigenvalue weighted by atomic mass is 10.1. The number of hydrogen-bond donors (Lipinski definition) is 0. The quantitative estimate of drug-likeness (QED) is 0.274. The second-order valence-corrected chi connectivity index (χ2v) is 15.5. The van der Waals surface area contributed by atoms with Crippen LogP contribution in [0.15, 0.2) is 82.6 Å².